The van der Waals surface area contributed by atoms with E-state index >= 15 is 0 Å². The highest BCUT2D eigenvalue weighted by Crippen LogP contribution is 2.29. The van der Waals surface area contributed by atoms with Gasteiger partial charge in [-0.2, -0.15) is 13.2 Å². The van der Waals surface area contributed by atoms with E-state index in [-0.39, 0.29) is 24.0 Å². The Hall–Kier alpha value is -1.14. The van der Waals surface area contributed by atoms with Crippen LogP contribution in [-0.2, 0) is 0 Å². The van der Waals surface area contributed by atoms with E-state index in [1.54, 1.807) is 0 Å². The quantitative estimate of drug-likeness (QED) is 0.816. The zero-order chi connectivity index (χ0) is 13.6. The number of aliphatic hydroxyl groups is 1. The van der Waals surface area contributed by atoms with E-state index in [4.69, 9.17) is 21.4 Å². The van der Waals surface area contributed by atoms with E-state index in [0.717, 1.165) is 0 Å². The Labute approximate surface area is 107 Å². The van der Waals surface area contributed by atoms with Gasteiger partial charge >= 0.3 is 6.18 Å². The van der Waals surface area contributed by atoms with Gasteiger partial charge in [-0.25, -0.2) is 0 Å². The Bertz CT molecular complexity index is 382. The van der Waals surface area contributed by atoms with Crippen molar-refractivity contribution in [3.63, 3.8) is 0 Å². The predicted molar refractivity (Wildman–Crippen MR) is 60.2 cm³/mol. The molecular weight excluding hydrogens is 273 g/mol. The molecule has 0 unspecified atom stereocenters. The molecule has 0 fully saturated rings. The molecule has 0 heterocycles. The zero-order valence-corrected chi connectivity index (χ0v) is 10.1. The Balaban J connectivity index is 2.56. The van der Waals surface area contributed by atoms with Crippen LogP contribution in [0.25, 0.3) is 0 Å². The van der Waals surface area contributed by atoms with Crippen molar-refractivity contribution in [1.82, 2.24) is 0 Å². The molecule has 1 N–H and O–H groups in total. The highest BCUT2D eigenvalue weighted by Gasteiger charge is 2.28. The highest BCUT2D eigenvalue weighted by atomic mass is 35.5. The minimum atomic E-state index is -4.39. The number of rotatable bonds is 6. The molecule has 0 saturated carbocycles. The van der Waals surface area contributed by atoms with Gasteiger partial charge in [-0.1, -0.05) is 11.6 Å². The van der Waals surface area contributed by atoms with Gasteiger partial charge in [0.25, 0.3) is 0 Å². The summed E-state index contributed by atoms with van der Waals surface area (Å²) in [6, 6.07) is 4.01. The topological polar surface area (TPSA) is 38.7 Å². The fourth-order valence-corrected chi connectivity index (χ4v) is 1.33. The molecule has 0 amide bonds. The molecule has 0 aliphatic rings. The number of benzene rings is 1. The molecule has 0 saturated heterocycles. The van der Waals surface area contributed by atoms with Gasteiger partial charge < -0.3 is 14.6 Å². The Morgan fingerprint density at radius 3 is 2.50 bits per heavy atom. The maximum Gasteiger partial charge on any atom is 0.422 e. The molecule has 1 rings (SSSR count). The van der Waals surface area contributed by atoms with Crippen LogP contribution in [0, 0.1) is 0 Å². The minimum Gasteiger partial charge on any atom is -0.492 e. The maximum atomic E-state index is 11.9. The largest absolute Gasteiger partial charge is 0.492 e. The molecule has 1 aromatic rings. The third-order valence-corrected chi connectivity index (χ3v) is 2.16. The molecule has 0 spiro atoms. The van der Waals surface area contributed by atoms with Crippen molar-refractivity contribution in [3.8, 4) is 11.5 Å². The molecule has 0 radical (unpaired) electrons. The zero-order valence-electron chi connectivity index (χ0n) is 9.34. The fraction of sp³-hybridized carbons (Fsp3) is 0.455. The number of aliphatic hydroxyl groups excluding tert-OH is 1. The van der Waals surface area contributed by atoms with Crippen molar-refractivity contribution in [2.75, 3.05) is 19.8 Å². The Kier molecular flexibility index (Phi) is 5.55. The molecule has 0 atom stereocenters. The SMILES string of the molecule is OCCCOc1ccc(OCC(F)(F)F)cc1Cl. The van der Waals surface area contributed by atoms with Crippen LogP contribution in [-0.4, -0.2) is 31.1 Å². The monoisotopic (exact) mass is 284 g/mol. The van der Waals surface area contributed by atoms with Gasteiger partial charge in [0.2, 0.25) is 0 Å². The first-order valence-corrected chi connectivity index (χ1v) is 5.53. The average Bonchev–Trinajstić information content (AvgIpc) is 2.28. The number of hydrogen-bond donors (Lipinski definition) is 1. The number of hydrogen-bond acceptors (Lipinski definition) is 3. The summed E-state index contributed by atoms with van der Waals surface area (Å²) in [6.45, 7) is -1.10. The lowest BCUT2D eigenvalue weighted by molar-refractivity contribution is -0.153. The predicted octanol–water partition coefficient (Wildman–Crippen LogP) is 3.04. The summed E-state index contributed by atoms with van der Waals surface area (Å²) >= 11 is 5.81. The summed E-state index contributed by atoms with van der Waals surface area (Å²) in [4.78, 5) is 0. The van der Waals surface area contributed by atoms with E-state index < -0.39 is 12.8 Å². The fourth-order valence-electron chi connectivity index (χ4n) is 1.10. The van der Waals surface area contributed by atoms with Crippen LogP contribution < -0.4 is 9.47 Å². The summed E-state index contributed by atoms with van der Waals surface area (Å²) < 4.78 is 45.5. The minimum absolute atomic E-state index is 0.00953. The van der Waals surface area contributed by atoms with Crippen LogP contribution in [0.15, 0.2) is 18.2 Å². The normalized spacial score (nSPS) is 11.4. The third kappa shape index (κ3) is 5.46. The second kappa shape index (κ2) is 6.70. The summed E-state index contributed by atoms with van der Waals surface area (Å²) in [7, 11) is 0. The first-order valence-electron chi connectivity index (χ1n) is 5.15. The van der Waals surface area contributed by atoms with Gasteiger partial charge in [-0.15, -0.1) is 0 Å². The van der Waals surface area contributed by atoms with Crippen LogP contribution in [0.1, 0.15) is 6.42 Å². The van der Waals surface area contributed by atoms with Gasteiger partial charge in [0, 0.05) is 19.1 Å². The van der Waals surface area contributed by atoms with Gasteiger partial charge in [0.1, 0.15) is 11.5 Å². The lowest BCUT2D eigenvalue weighted by atomic mass is 10.3. The van der Waals surface area contributed by atoms with Crippen molar-refractivity contribution < 1.29 is 27.8 Å². The van der Waals surface area contributed by atoms with Gasteiger partial charge in [0.15, 0.2) is 6.61 Å². The Morgan fingerprint density at radius 2 is 1.94 bits per heavy atom. The molecule has 3 nitrogen and oxygen atoms in total. The van der Waals surface area contributed by atoms with Gasteiger partial charge in [-0.3, -0.25) is 0 Å². The number of alkyl halides is 3. The second-order valence-corrected chi connectivity index (χ2v) is 3.83. The van der Waals surface area contributed by atoms with E-state index in [0.29, 0.717) is 12.2 Å². The highest BCUT2D eigenvalue weighted by molar-refractivity contribution is 6.32. The van der Waals surface area contributed by atoms with Crippen LogP contribution in [0.3, 0.4) is 0 Å². The first-order chi connectivity index (χ1) is 8.42. The van der Waals surface area contributed by atoms with Crippen molar-refractivity contribution in [3.05, 3.63) is 23.2 Å². The Morgan fingerprint density at radius 1 is 1.22 bits per heavy atom. The molecule has 7 heteroatoms. The number of halogens is 4. The van der Waals surface area contributed by atoms with Crippen molar-refractivity contribution >= 4 is 11.6 Å². The van der Waals surface area contributed by atoms with Crippen LogP contribution in [0.5, 0.6) is 11.5 Å². The molecule has 0 aromatic heterocycles. The number of ether oxygens (including phenoxy) is 2. The van der Waals surface area contributed by atoms with Crippen LogP contribution >= 0.6 is 11.6 Å². The molecular formula is C11H12ClF3O3. The van der Waals surface area contributed by atoms with Crippen molar-refractivity contribution in [1.29, 1.82) is 0 Å². The summed E-state index contributed by atoms with van der Waals surface area (Å²) in [5, 5.41) is 8.72. The smallest absolute Gasteiger partial charge is 0.422 e. The standard InChI is InChI=1S/C11H12ClF3O3/c12-9-6-8(18-7-11(13,14)15)2-3-10(9)17-5-1-4-16/h2-3,6,16H,1,4-5,7H2. The maximum absolute atomic E-state index is 11.9. The summed E-state index contributed by atoms with van der Waals surface area (Å²) in [5.74, 6) is 0.358. The molecule has 0 aliphatic carbocycles. The van der Waals surface area contributed by atoms with Crippen molar-refractivity contribution in [2.24, 2.45) is 0 Å². The van der Waals surface area contributed by atoms with E-state index in [1.165, 1.54) is 18.2 Å². The second-order valence-electron chi connectivity index (χ2n) is 3.42. The molecule has 0 aliphatic heterocycles. The summed E-state index contributed by atoms with van der Waals surface area (Å²) in [6.07, 6.45) is -3.94. The lowest BCUT2D eigenvalue weighted by Gasteiger charge is -2.11. The van der Waals surface area contributed by atoms with E-state index in [9.17, 15) is 13.2 Å². The first kappa shape index (κ1) is 14.9. The van der Waals surface area contributed by atoms with Crippen LogP contribution in [0.2, 0.25) is 5.02 Å². The van der Waals surface area contributed by atoms with E-state index in [1.807, 2.05) is 0 Å². The lowest BCUT2D eigenvalue weighted by Crippen LogP contribution is -2.19. The molecule has 18 heavy (non-hydrogen) atoms. The molecule has 102 valence electrons. The van der Waals surface area contributed by atoms with Crippen molar-refractivity contribution in [2.45, 2.75) is 12.6 Å². The molecule has 0 bridgehead atoms. The van der Waals surface area contributed by atoms with E-state index in [2.05, 4.69) is 4.74 Å². The molecule has 1 aromatic carbocycles. The van der Waals surface area contributed by atoms with Crippen LogP contribution in [0.4, 0.5) is 13.2 Å². The summed E-state index contributed by atoms with van der Waals surface area (Å²) in [5.41, 5.74) is 0. The van der Waals surface area contributed by atoms with Gasteiger partial charge in [-0.05, 0) is 12.1 Å². The average molecular weight is 285 g/mol. The third-order valence-electron chi connectivity index (χ3n) is 1.87. The van der Waals surface area contributed by atoms with Gasteiger partial charge in [0.05, 0.1) is 11.6 Å².